The average molecular weight is 203 g/mol. The summed E-state index contributed by atoms with van der Waals surface area (Å²) in [5.41, 5.74) is 0.697. The number of hydrogen-bond donors (Lipinski definition) is 0. The van der Waals surface area contributed by atoms with Gasteiger partial charge in [0.1, 0.15) is 0 Å². The van der Waals surface area contributed by atoms with Crippen molar-refractivity contribution in [1.82, 2.24) is 14.1 Å². The van der Waals surface area contributed by atoms with E-state index in [1.54, 1.807) is 20.0 Å². The zero-order valence-electron chi connectivity index (χ0n) is 8.14. The van der Waals surface area contributed by atoms with Crippen LogP contribution in [0.25, 0.3) is 0 Å². The summed E-state index contributed by atoms with van der Waals surface area (Å²) < 4.78 is 25.8. The lowest BCUT2D eigenvalue weighted by molar-refractivity contribution is 0.506. The molecule has 13 heavy (non-hydrogen) atoms. The normalized spacial score (nSPS) is 12.4. The van der Waals surface area contributed by atoms with Crippen LogP contribution in [-0.4, -0.2) is 36.6 Å². The lowest BCUT2D eigenvalue weighted by atomic mass is 10.5. The summed E-state index contributed by atoms with van der Waals surface area (Å²) in [4.78, 5) is 0. The monoisotopic (exact) mass is 203 g/mol. The van der Waals surface area contributed by atoms with Gasteiger partial charge in [-0.15, -0.1) is 0 Å². The maximum absolute atomic E-state index is 11.6. The van der Waals surface area contributed by atoms with E-state index in [1.165, 1.54) is 23.1 Å². The Morgan fingerprint density at radius 2 is 2.00 bits per heavy atom. The molecule has 0 bridgehead atoms. The fourth-order valence-corrected chi connectivity index (χ4v) is 2.08. The van der Waals surface area contributed by atoms with Gasteiger partial charge in [0.25, 0.3) is 10.0 Å². The van der Waals surface area contributed by atoms with E-state index in [4.69, 9.17) is 0 Å². The first kappa shape index (κ1) is 10.2. The zero-order valence-corrected chi connectivity index (χ0v) is 8.96. The Labute approximate surface area is 78.0 Å². The Bertz CT molecular complexity index is 405. The van der Waals surface area contributed by atoms with Gasteiger partial charge in [-0.25, -0.2) is 12.7 Å². The van der Waals surface area contributed by atoms with Crippen LogP contribution in [0.3, 0.4) is 0 Å². The highest BCUT2D eigenvalue weighted by Crippen LogP contribution is 2.12. The minimum absolute atomic E-state index is 0.218. The minimum atomic E-state index is -3.35. The van der Waals surface area contributed by atoms with Gasteiger partial charge in [0, 0.05) is 21.1 Å². The predicted octanol–water partition coefficient (Wildman–Crippen LogP) is -0.0212. The molecule has 1 aromatic rings. The summed E-state index contributed by atoms with van der Waals surface area (Å²) in [6.45, 7) is 1.76. The molecular weight excluding hydrogens is 190 g/mol. The highest BCUT2D eigenvalue weighted by molar-refractivity contribution is 7.89. The molecule has 0 unspecified atom stereocenters. The van der Waals surface area contributed by atoms with Crippen molar-refractivity contribution < 1.29 is 8.42 Å². The highest BCUT2D eigenvalue weighted by atomic mass is 32.2. The van der Waals surface area contributed by atoms with Gasteiger partial charge >= 0.3 is 0 Å². The van der Waals surface area contributed by atoms with Crippen LogP contribution in [0.4, 0.5) is 0 Å². The summed E-state index contributed by atoms with van der Waals surface area (Å²) in [7, 11) is 1.26. The van der Waals surface area contributed by atoms with Gasteiger partial charge in [-0.3, -0.25) is 4.68 Å². The van der Waals surface area contributed by atoms with E-state index in [2.05, 4.69) is 5.10 Å². The van der Waals surface area contributed by atoms with Gasteiger partial charge in [-0.05, 0) is 13.0 Å². The van der Waals surface area contributed by atoms with Gasteiger partial charge in [0.15, 0.2) is 5.03 Å². The van der Waals surface area contributed by atoms with E-state index in [9.17, 15) is 8.42 Å². The molecule has 1 rings (SSSR count). The first-order chi connectivity index (χ1) is 5.85. The lowest BCUT2D eigenvalue weighted by Gasteiger charge is -2.10. The summed E-state index contributed by atoms with van der Waals surface area (Å²) >= 11 is 0. The van der Waals surface area contributed by atoms with Crippen LogP contribution >= 0.6 is 0 Å². The predicted molar refractivity (Wildman–Crippen MR) is 48.8 cm³/mol. The second-order valence-electron chi connectivity index (χ2n) is 3.03. The number of rotatable bonds is 2. The van der Waals surface area contributed by atoms with Crippen LogP contribution in [-0.2, 0) is 17.1 Å². The van der Waals surface area contributed by atoms with Crippen molar-refractivity contribution in [2.45, 2.75) is 11.9 Å². The van der Waals surface area contributed by atoms with Gasteiger partial charge in [-0.1, -0.05) is 0 Å². The summed E-state index contributed by atoms with van der Waals surface area (Å²) in [5, 5.41) is 4.19. The van der Waals surface area contributed by atoms with Gasteiger partial charge in [0.2, 0.25) is 0 Å². The molecule has 0 aliphatic heterocycles. The van der Waals surface area contributed by atoms with Gasteiger partial charge in [-0.2, -0.15) is 5.10 Å². The van der Waals surface area contributed by atoms with E-state index < -0.39 is 10.0 Å². The molecule has 74 valence electrons. The van der Waals surface area contributed by atoms with E-state index in [0.29, 0.717) is 5.69 Å². The molecule has 5 nitrogen and oxygen atoms in total. The van der Waals surface area contributed by atoms with Crippen molar-refractivity contribution in [3.05, 3.63) is 11.8 Å². The van der Waals surface area contributed by atoms with Crippen molar-refractivity contribution in [3.8, 4) is 0 Å². The van der Waals surface area contributed by atoms with Crippen LogP contribution in [0.15, 0.2) is 11.1 Å². The number of nitrogens with zero attached hydrogens (tertiary/aromatic N) is 3. The van der Waals surface area contributed by atoms with E-state index in [-0.39, 0.29) is 5.03 Å². The molecule has 0 amide bonds. The summed E-state index contributed by atoms with van der Waals surface area (Å²) in [6, 6.07) is 1.55. The SMILES string of the molecule is Cc1cc(S(=O)(=O)N(C)C)n(C)n1. The highest BCUT2D eigenvalue weighted by Gasteiger charge is 2.21. The van der Waals surface area contributed by atoms with E-state index >= 15 is 0 Å². The first-order valence-electron chi connectivity index (χ1n) is 3.79. The lowest BCUT2D eigenvalue weighted by Crippen LogP contribution is -2.24. The molecule has 1 heterocycles. The Balaban J connectivity index is 3.31. The first-order valence-corrected chi connectivity index (χ1v) is 5.23. The Morgan fingerprint density at radius 3 is 2.31 bits per heavy atom. The summed E-state index contributed by atoms with van der Waals surface area (Å²) in [5.74, 6) is 0. The molecule has 0 spiro atoms. The summed E-state index contributed by atoms with van der Waals surface area (Å²) in [6.07, 6.45) is 0. The third-order valence-electron chi connectivity index (χ3n) is 1.70. The van der Waals surface area contributed by atoms with Gasteiger partial charge in [0.05, 0.1) is 5.69 Å². The maximum atomic E-state index is 11.6. The molecule has 0 radical (unpaired) electrons. The van der Waals surface area contributed by atoms with Crippen LogP contribution in [0, 0.1) is 6.92 Å². The number of aromatic nitrogens is 2. The minimum Gasteiger partial charge on any atom is -0.256 e. The van der Waals surface area contributed by atoms with Crippen LogP contribution in [0.5, 0.6) is 0 Å². The topological polar surface area (TPSA) is 55.2 Å². The third-order valence-corrected chi connectivity index (χ3v) is 3.58. The average Bonchev–Trinajstić information content (AvgIpc) is 2.30. The largest absolute Gasteiger partial charge is 0.259 e. The van der Waals surface area contributed by atoms with Crippen molar-refractivity contribution in [2.75, 3.05) is 14.1 Å². The Morgan fingerprint density at radius 1 is 1.46 bits per heavy atom. The fourth-order valence-electron chi connectivity index (χ4n) is 1.02. The Kier molecular flexibility index (Phi) is 2.44. The molecule has 0 saturated carbocycles. The van der Waals surface area contributed by atoms with Crippen molar-refractivity contribution >= 4 is 10.0 Å². The quantitative estimate of drug-likeness (QED) is 0.678. The van der Waals surface area contributed by atoms with Crippen LogP contribution in [0.2, 0.25) is 0 Å². The van der Waals surface area contributed by atoms with E-state index in [1.807, 2.05) is 0 Å². The van der Waals surface area contributed by atoms with Crippen molar-refractivity contribution in [2.24, 2.45) is 7.05 Å². The van der Waals surface area contributed by atoms with Gasteiger partial charge < -0.3 is 0 Å². The fraction of sp³-hybridized carbons (Fsp3) is 0.571. The number of sulfonamides is 1. The molecule has 0 aliphatic carbocycles. The molecule has 0 saturated heterocycles. The second kappa shape index (κ2) is 3.12. The zero-order chi connectivity index (χ0) is 10.2. The number of aryl methyl sites for hydroxylation is 2. The number of hydrogen-bond acceptors (Lipinski definition) is 3. The molecule has 0 fully saturated rings. The van der Waals surface area contributed by atoms with Crippen molar-refractivity contribution in [1.29, 1.82) is 0 Å². The molecule has 0 atom stereocenters. The standard InChI is InChI=1S/C7H13N3O2S/c1-6-5-7(10(4)8-6)13(11,12)9(2)3/h5H,1-4H3. The van der Waals surface area contributed by atoms with E-state index in [0.717, 1.165) is 0 Å². The molecule has 0 aliphatic rings. The molecule has 6 heteroatoms. The van der Waals surface area contributed by atoms with Crippen LogP contribution < -0.4 is 0 Å². The second-order valence-corrected chi connectivity index (χ2v) is 5.13. The molecule has 0 aromatic carbocycles. The molecular formula is C7H13N3O2S. The smallest absolute Gasteiger partial charge is 0.256 e. The Hall–Kier alpha value is -0.880. The molecule has 1 aromatic heterocycles. The maximum Gasteiger partial charge on any atom is 0.259 e. The van der Waals surface area contributed by atoms with Crippen LogP contribution in [0.1, 0.15) is 5.69 Å². The van der Waals surface area contributed by atoms with Crippen molar-refractivity contribution in [3.63, 3.8) is 0 Å². The molecule has 0 N–H and O–H groups in total. The third kappa shape index (κ3) is 1.73.